The standard InChI is InChI=1S/C26H27N9O3/c1-17-30-16-35(31-17)24-22-21(20(38-2)15-29-24)19(14-28-22)23(36)25(37)32-10-12-33(13-11-32)26-27-8-9-34(26)18-6-4-3-5-7-18/h3-7,14-16,28H,8-13H2,1-2H3. The molecular weight excluding hydrogens is 486 g/mol. The third-order valence-corrected chi connectivity index (χ3v) is 6.87. The van der Waals surface area contributed by atoms with Crippen LogP contribution in [0.5, 0.6) is 5.75 Å². The van der Waals surface area contributed by atoms with Crippen LogP contribution in [0.25, 0.3) is 16.7 Å². The van der Waals surface area contributed by atoms with E-state index in [4.69, 9.17) is 9.73 Å². The van der Waals surface area contributed by atoms with E-state index in [1.54, 1.807) is 18.2 Å². The van der Waals surface area contributed by atoms with Crippen LogP contribution in [0.4, 0.5) is 5.69 Å². The summed E-state index contributed by atoms with van der Waals surface area (Å²) in [6.45, 7) is 5.38. The molecule has 0 bridgehead atoms. The Morgan fingerprint density at radius 2 is 1.82 bits per heavy atom. The number of amides is 1. The summed E-state index contributed by atoms with van der Waals surface area (Å²) in [5, 5.41) is 4.81. The average molecular weight is 514 g/mol. The second-order valence-electron chi connectivity index (χ2n) is 9.12. The Morgan fingerprint density at radius 3 is 2.53 bits per heavy atom. The Kier molecular flexibility index (Phi) is 5.98. The summed E-state index contributed by atoms with van der Waals surface area (Å²) in [5.41, 5.74) is 1.87. The van der Waals surface area contributed by atoms with Crippen LogP contribution in [-0.4, -0.2) is 98.6 Å². The average Bonchev–Trinajstić information content (AvgIpc) is 3.72. The van der Waals surface area contributed by atoms with Crippen molar-refractivity contribution in [3.8, 4) is 11.6 Å². The van der Waals surface area contributed by atoms with Crippen molar-refractivity contribution in [2.45, 2.75) is 6.92 Å². The van der Waals surface area contributed by atoms with Crippen LogP contribution in [-0.2, 0) is 4.79 Å². The van der Waals surface area contributed by atoms with Crippen molar-refractivity contribution < 1.29 is 14.3 Å². The summed E-state index contributed by atoms with van der Waals surface area (Å²) in [6, 6.07) is 10.2. The van der Waals surface area contributed by atoms with E-state index in [2.05, 4.69) is 42.0 Å². The number of fused-ring (bicyclic) bond motifs is 1. The van der Waals surface area contributed by atoms with Gasteiger partial charge in [0.25, 0.3) is 11.7 Å². The maximum absolute atomic E-state index is 13.4. The lowest BCUT2D eigenvalue weighted by atomic mass is 10.1. The Bertz CT molecular complexity index is 1530. The van der Waals surface area contributed by atoms with Gasteiger partial charge in [-0.15, -0.1) is 0 Å². The predicted octanol–water partition coefficient (Wildman–Crippen LogP) is 1.66. The highest BCUT2D eigenvalue weighted by atomic mass is 16.5. The van der Waals surface area contributed by atoms with Gasteiger partial charge in [-0.05, 0) is 19.1 Å². The van der Waals surface area contributed by atoms with Crippen molar-refractivity contribution in [1.82, 2.24) is 34.5 Å². The Balaban J connectivity index is 1.20. The minimum Gasteiger partial charge on any atom is -0.494 e. The number of anilines is 1. The molecule has 0 saturated carbocycles. The molecule has 0 radical (unpaired) electrons. The summed E-state index contributed by atoms with van der Waals surface area (Å²) < 4.78 is 7.01. The molecule has 1 N–H and O–H groups in total. The summed E-state index contributed by atoms with van der Waals surface area (Å²) in [6.07, 6.45) is 4.59. The van der Waals surface area contributed by atoms with Gasteiger partial charge in [-0.1, -0.05) is 18.2 Å². The molecule has 1 saturated heterocycles. The number of Topliss-reactive ketones (excluding diaryl/α,β-unsaturated/α-hetero) is 1. The fourth-order valence-corrected chi connectivity index (χ4v) is 4.99. The molecule has 194 valence electrons. The number of hydrogen-bond donors (Lipinski definition) is 1. The van der Waals surface area contributed by atoms with Gasteiger partial charge in [0.15, 0.2) is 5.82 Å². The zero-order valence-corrected chi connectivity index (χ0v) is 21.2. The number of methoxy groups -OCH3 is 1. The minimum absolute atomic E-state index is 0.236. The number of nitrogens with zero attached hydrogens (tertiary/aromatic N) is 8. The number of benzene rings is 1. The summed E-state index contributed by atoms with van der Waals surface area (Å²) in [4.78, 5) is 49.1. The van der Waals surface area contributed by atoms with E-state index >= 15 is 0 Å². The molecule has 3 aromatic heterocycles. The maximum Gasteiger partial charge on any atom is 0.295 e. The molecule has 0 aliphatic carbocycles. The number of carbonyl (C=O) groups is 2. The molecule has 1 amide bonds. The lowest BCUT2D eigenvalue weighted by Gasteiger charge is -2.38. The quantitative estimate of drug-likeness (QED) is 0.316. The number of aromatic amines is 1. The number of nitrogens with one attached hydrogen (secondary N) is 1. The van der Waals surface area contributed by atoms with Crippen LogP contribution >= 0.6 is 0 Å². The summed E-state index contributed by atoms with van der Waals surface area (Å²) in [5.74, 6) is 1.21. The Morgan fingerprint density at radius 1 is 1.03 bits per heavy atom. The zero-order valence-electron chi connectivity index (χ0n) is 21.2. The molecule has 0 unspecified atom stereocenters. The Hall–Kier alpha value is -4.74. The third-order valence-electron chi connectivity index (χ3n) is 6.87. The number of rotatable bonds is 5. The molecule has 5 heterocycles. The van der Waals surface area contributed by atoms with E-state index in [1.165, 1.54) is 24.2 Å². The molecule has 12 heteroatoms. The summed E-state index contributed by atoms with van der Waals surface area (Å²) >= 11 is 0. The topological polar surface area (TPSA) is 125 Å². The molecule has 12 nitrogen and oxygen atoms in total. The molecule has 1 aromatic carbocycles. The van der Waals surface area contributed by atoms with Crippen LogP contribution < -0.4 is 9.64 Å². The number of ether oxygens (including phenoxy) is 1. The van der Waals surface area contributed by atoms with Gasteiger partial charge < -0.3 is 24.4 Å². The normalized spacial score (nSPS) is 15.7. The number of aryl methyl sites for hydroxylation is 1. The van der Waals surface area contributed by atoms with Crippen LogP contribution in [0, 0.1) is 6.92 Å². The molecule has 0 spiro atoms. The molecule has 0 atom stereocenters. The van der Waals surface area contributed by atoms with Crippen molar-refractivity contribution >= 4 is 34.2 Å². The largest absolute Gasteiger partial charge is 0.494 e. The first kappa shape index (κ1) is 23.6. The van der Waals surface area contributed by atoms with Gasteiger partial charge >= 0.3 is 0 Å². The molecule has 4 aromatic rings. The lowest BCUT2D eigenvalue weighted by molar-refractivity contribution is -0.127. The highest BCUT2D eigenvalue weighted by molar-refractivity contribution is 6.45. The van der Waals surface area contributed by atoms with Gasteiger partial charge in [0.2, 0.25) is 5.96 Å². The van der Waals surface area contributed by atoms with Crippen molar-refractivity contribution in [2.75, 3.05) is 51.3 Å². The van der Waals surface area contributed by atoms with Crippen molar-refractivity contribution in [3.05, 3.63) is 60.4 Å². The van der Waals surface area contributed by atoms with Gasteiger partial charge in [-0.25, -0.2) is 14.6 Å². The van der Waals surface area contributed by atoms with Gasteiger partial charge in [-0.3, -0.25) is 14.6 Å². The number of H-pyrrole nitrogens is 1. The van der Waals surface area contributed by atoms with E-state index in [1.807, 2.05) is 18.2 Å². The Labute approximate surface area is 218 Å². The number of hydrogen-bond acceptors (Lipinski definition) is 9. The van der Waals surface area contributed by atoms with Crippen molar-refractivity contribution in [1.29, 1.82) is 0 Å². The van der Waals surface area contributed by atoms with E-state index in [0.717, 1.165) is 24.7 Å². The second-order valence-corrected chi connectivity index (χ2v) is 9.12. The minimum atomic E-state index is -0.598. The number of aromatic nitrogens is 5. The second kappa shape index (κ2) is 9.61. The van der Waals surface area contributed by atoms with Crippen LogP contribution in [0.3, 0.4) is 0 Å². The fourth-order valence-electron chi connectivity index (χ4n) is 4.99. The molecule has 6 rings (SSSR count). The van der Waals surface area contributed by atoms with Gasteiger partial charge in [-0.2, -0.15) is 5.10 Å². The number of pyridine rings is 1. The van der Waals surface area contributed by atoms with Gasteiger partial charge in [0, 0.05) is 44.6 Å². The predicted molar refractivity (Wildman–Crippen MR) is 141 cm³/mol. The van der Waals surface area contributed by atoms with E-state index in [-0.39, 0.29) is 5.56 Å². The van der Waals surface area contributed by atoms with Gasteiger partial charge in [0.1, 0.15) is 17.9 Å². The third kappa shape index (κ3) is 4.03. The molecular formula is C26H27N9O3. The van der Waals surface area contributed by atoms with Crippen LogP contribution in [0.15, 0.2) is 54.0 Å². The smallest absolute Gasteiger partial charge is 0.295 e. The van der Waals surface area contributed by atoms with E-state index in [0.29, 0.717) is 54.5 Å². The first-order valence-corrected chi connectivity index (χ1v) is 12.4. The number of guanidine groups is 1. The molecule has 1 fully saturated rings. The van der Waals surface area contributed by atoms with Gasteiger partial charge in [0.05, 0.1) is 36.3 Å². The number of piperazine rings is 1. The fraction of sp³-hybridized carbons (Fsp3) is 0.308. The first-order chi connectivity index (χ1) is 18.5. The first-order valence-electron chi connectivity index (χ1n) is 12.4. The zero-order chi connectivity index (χ0) is 26.2. The maximum atomic E-state index is 13.4. The number of para-hydroxylation sites is 1. The van der Waals surface area contributed by atoms with E-state index < -0.39 is 11.7 Å². The van der Waals surface area contributed by atoms with Crippen LogP contribution in [0.2, 0.25) is 0 Å². The number of carbonyl (C=O) groups excluding carboxylic acids is 2. The van der Waals surface area contributed by atoms with Crippen molar-refractivity contribution in [2.24, 2.45) is 4.99 Å². The molecule has 2 aliphatic heterocycles. The van der Waals surface area contributed by atoms with Crippen molar-refractivity contribution in [3.63, 3.8) is 0 Å². The number of ketones is 1. The molecule has 38 heavy (non-hydrogen) atoms. The monoisotopic (exact) mass is 513 g/mol. The number of aliphatic imine (C=N–C) groups is 1. The summed E-state index contributed by atoms with van der Waals surface area (Å²) in [7, 11) is 1.50. The highest BCUT2D eigenvalue weighted by Gasteiger charge is 2.33. The highest BCUT2D eigenvalue weighted by Crippen LogP contribution is 2.32. The molecule has 2 aliphatic rings. The van der Waals surface area contributed by atoms with Crippen LogP contribution in [0.1, 0.15) is 16.2 Å². The SMILES string of the molecule is COc1cnc(-n2cnc(C)n2)c2[nH]cc(C(=O)C(=O)N3CCN(C4=NCCN4c4ccccc4)CC3)c12. The lowest BCUT2D eigenvalue weighted by Crippen LogP contribution is -2.54. The van der Waals surface area contributed by atoms with E-state index in [9.17, 15) is 9.59 Å².